The van der Waals surface area contributed by atoms with Crippen LogP contribution < -0.4 is 0 Å². The van der Waals surface area contributed by atoms with Crippen LogP contribution in [0.1, 0.15) is 21.5 Å². The molecule has 1 aliphatic heterocycles. The van der Waals surface area contributed by atoms with Crippen LogP contribution in [-0.2, 0) is 15.3 Å². The maximum Gasteiger partial charge on any atom is 0.335 e. The maximum atomic E-state index is 11.2. The molecule has 0 aliphatic carbocycles. The van der Waals surface area contributed by atoms with Crippen LogP contribution in [0, 0.1) is 0 Å². The zero-order valence-corrected chi connectivity index (χ0v) is 11.8. The Kier molecular flexibility index (Phi) is 3.68. The zero-order chi connectivity index (χ0) is 14.9. The smallest absolute Gasteiger partial charge is 0.335 e. The summed E-state index contributed by atoms with van der Waals surface area (Å²) in [7, 11) is 0. The summed E-state index contributed by atoms with van der Waals surface area (Å²) in [6.45, 7) is 0.869. The second-order valence-electron chi connectivity index (χ2n) is 4.71. The van der Waals surface area contributed by atoms with Crippen LogP contribution in [0.5, 0.6) is 0 Å². The molecule has 21 heavy (non-hydrogen) atoms. The van der Waals surface area contributed by atoms with E-state index in [4.69, 9.17) is 26.2 Å². The second-order valence-corrected chi connectivity index (χ2v) is 5.15. The first-order valence-electron chi connectivity index (χ1n) is 6.50. The second kappa shape index (κ2) is 5.48. The first-order valence-corrected chi connectivity index (χ1v) is 6.87. The molecule has 2 aromatic rings. The number of carboxylic acids is 1. The fourth-order valence-corrected chi connectivity index (χ4v) is 2.65. The Hall–Kier alpha value is -1.88. The van der Waals surface area contributed by atoms with Crippen molar-refractivity contribution >= 4 is 17.6 Å². The molecule has 1 N–H and O–H groups in total. The van der Waals surface area contributed by atoms with Crippen molar-refractivity contribution in [2.75, 3.05) is 13.2 Å². The van der Waals surface area contributed by atoms with E-state index in [2.05, 4.69) is 0 Å². The molecule has 0 saturated carbocycles. The average molecular weight is 305 g/mol. The van der Waals surface area contributed by atoms with Gasteiger partial charge in [0.05, 0.1) is 18.8 Å². The molecular formula is C16H13ClO4. The summed E-state index contributed by atoms with van der Waals surface area (Å²) in [6.07, 6.45) is 0. The van der Waals surface area contributed by atoms with E-state index < -0.39 is 11.8 Å². The summed E-state index contributed by atoms with van der Waals surface area (Å²) in [4.78, 5) is 11.2. The normalized spacial score (nSPS) is 16.8. The fraction of sp³-hybridized carbons (Fsp3) is 0.188. The maximum absolute atomic E-state index is 11.2. The SMILES string of the molecule is O=C(O)c1cccc(C2(c3cccc(Cl)c3)OCCO2)c1. The van der Waals surface area contributed by atoms with Crippen LogP contribution in [0.15, 0.2) is 48.5 Å². The summed E-state index contributed by atoms with van der Waals surface area (Å²) in [5.41, 5.74) is 1.57. The largest absolute Gasteiger partial charge is 0.478 e. The lowest BCUT2D eigenvalue weighted by atomic mass is 9.95. The minimum absolute atomic E-state index is 0.188. The van der Waals surface area contributed by atoms with E-state index in [-0.39, 0.29) is 5.56 Å². The molecular weight excluding hydrogens is 292 g/mol. The van der Waals surface area contributed by atoms with Crippen molar-refractivity contribution in [2.45, 2.75) is 5.79 Å². The van der Waals surface area contributed by atoms with Gasteiger partial charge in [-0.05, 0) is 24.3 Å². The van der Waals surface area contributed by atoms with Gasteiger partial charge >= 0.3 is 5.97 Å². The number of hydrogen-bond acceptors (Lipinski definition) is 3. The zero-order valence-electron chi connectivity index (χ0n) is 11.1. The number of rotatable bonds is 3. The molecule has 0 radical (unpaired) electrons. The summed E-state index contributed by atoms with van der Waals surface area (Å²) in [6, 6.07) is 13.8. The number of carbonyl (C=O) groups is 1. The number of halogens is 1. The minimum atomic E-state index is -1.10. The van der Waals surface area contributed by atoms with Gasteiger partial charge in [-0.1, -0.05) is 35.9 Å². The molecule has 2 aromatic carbocycles. The highest BCUT2D eigenvalue weighted by Gasteiger charge is 2.41. The summed E-state index contributed by atoms with van der Waals surface area (Å²) < 4.78 is 11.7. The van der Waals surface area contributed by atoms with E-state index in [9.17, 15) is 4.79 Å². The van der Waals surface area contributed by atoms with Gasteiger partial charge in [0.1, 0.15) is 0 Å². The van der Waals surface area contributed by atoms with Crippen molar-refractivity contribution in [2.24, 2.45) is 0 Å². The van der Waals surface area contributed by atoms with Crippen LogP contribution in [0.4, 0.5) is 0 Å². The third kappa shape index (κ3) is 2.53. The number of carboxylic acid groups (broad SMARTS) is 1. The predicted octanol–water partition coefficient (Wildman–Crippen LogP) is 3.29. The molecule has 1 fully saturated rings. The van der Waals surface area contributed by atoms with Gasteiger partial charge in [0.2, 0.25) is 5.79 Å². The van der Waals surface area contributed by atoms with Gasteiger partial charge < -0.3 is 14.6 Å². The van der Waals surface area contributed by atoms with Gasteiger partial charge in [-0.25, -0.2) is 4.79 Å². The van der Waals surface area contributed by atoms with Crippen LogP contribution in [0.3, 0.4) is 0 Å². The Labute approximate surface area is 126 Å². The molecule has 5 heteroatoms. The van der Waals surface area contributed by atoms with Crippen molar-refractivity contribution in [3.8, 4) is 0 Å². The highest BCUT2D eigenvalue weighted by atomic mass is 35.5. The molecule has 1 heterocycles. The molecule has 4 nitrogen and oxygen atoms in total. The number of hydrogen-bond donors (Lipinski definition) is 1. The lowest BCUT2D eigenvalue weighted by molar-refractivity contribution is -0.129. The summed E-state index contributed by atoms with van der Waals surface area (Å²) >= 11 is 6.05. The van der Waals surface area contributed by atoms with E-state index in [0.29, 0.717) is 23.8 Å². The summed E-state index contributed by atoms with van der Waals surface area (Å²) in [5.74, 6) is -2.09. The van der Waals surface area contributed by atoms with Gasteiger partial charge in [0.25, 0.3) is 0 Å². The summed E-state index contributed by atoms with van der Waals surface area (Å²) in [5, 5.41) is 9.72. The third-order valence-electron chi connectivity index (χ3n) is 3.39. The van der Waals surface area contributed by atoms with Gasteiger partial charge in [-0.15, -0.1) is 0 Å². The first kappa shape index (κ1) is 14.1. The molecule has 108 valence electrons. The molecule has 0 amide bonds. The van der Waals surface area contributed by atoms with E-state index >= 15 is 0 Å². The minimum Gasteiger partial charge on any atom is -0.478 e. The van der Waals surface area contributed by atoms with Crippen molar-refractivity contribution in [3.05, 3.63) is 70.2 Å². The standard InChI is InChI=1S/C16H13ClO4/c17-14-6-2-5-13(10-14)16(20-7-8-21-16)12-4-1-3-11(9-12)15(18)19/h1-6,9-10H,7-8H2,(H,18,19). The van der Waals surface area contributed by atoms with Gasteiger partial charge in [-0.3, -0.25) is 0 Å². The predicted molar refractivity (Wildman–Crippen MR) is 77.5 cm³/mol. The highest BCUT2D eigenvalue weighted by Crippen LogP contribution is 2.39. The van der Waals surface area contributed by atoms with Crippen molar-refractivity contribution in [1.82, 2.24) is 0 Å². The molecule has 0 bridgehead atoms. The first-order chi connectivity index (χ1) is 10.1. The molecule has 0 aromatic heterocycles. The molecule has 0 unspecified atom stereocenters. The molecule has 3 rings (SSSR count). The van der Waals surface area contributed by atoms with E-state index in [1.54, 1.807) is 30.3 Å². The highest BCUT2D eigenvalue weighted by molar-refractivity contribution is 6.30. The molecule has 1 aliphatic rings. The van der Waals surface area contributed by atoms with E-state index in [1.807, 2.05) is 12.1 Å². The topological polar surface area (TPSA) is 55.8 Å². The van der Waals surface area contributed by atoms with Crippen LogP contribution >= 0.6 is 11.6 Å². The fourth-order valence-electron chi connectivity index (χ4n) is 2.46. The van der Waals surface area contributed by atoms with E-state index in [0.717, 1.165) is 5.56 Å². The molecule has 0 atom stereocenters. The Bertz CT molecular complexity index is 677. The lowest BCUT2D eigenvalue weighted by Gasteiger charge is -2.28. The number of benzene rings is 2. The Morgan fingerprint density at radius 1 is 1.05 bits per heavy atom. The average Bonchev–Trinajstić information content (AvgIpc) is 2.98. The van der Waals surface area contributed by atoms with Gasteiger partial charge in [0, 0.05) is 16.1 Å². The monoisotopic (exact) mass is 304 g/mol. The molecule has 1 saturated heterocycles. The molecule has 0 spiro atoms. The van der Waals surface area contributed by atoms with Crippen LogP contribution in [0.2, 0.25) is 5.02 Å². The van der Waals surface area contributed by atoms with Crippen molar-refractivity contribution in [1.29, 1.82) is 0 Å². The van der Waals surface area contributed by atoms with Crippen molar-refractivity contribution < 1.29 is 19.4 Å². The Balaban J connectivity index is 2.14. The lowest BCUT2D eigenvalue weighted by Crippen LogP contribution is -2.29. The number of ether oxygens (including phenoxy) is 2. The third-order valence-corrected chi connectivity index (χ3v) is 3.62. The Morgan fingerprint density at radius 3 is 2.29 bits per heavy atom. The Morgan fingerprint density at radius 2 is 1.67 bits per heavy atom. The van der Waals surface area contributed by atoms with E-state index in [1.165, 1.54) is 6.07 Å². The quantitative estimate of drug-likeness (QED) is 0.945. The van der Waals surface area contributed by atoms with Crippen molar-refractivity contribution in [3.63, 3.8) is 0 Å². The van der Waals surface area contributed by atoms with Crippen LogP contribution in [-0.4, -0.2) is 24.3 Å². The number of aromatic carboxylic acids is 1. The van der Waals surface area contributed by atoms with Gasteiger partial charge in [0.15, 0.2) is 0 Å². The van der Waals surface area contributed by atoms with Gasteiger partial charge in [-0.2, -0.15) is 0 Å². The van der Waals surface area contributed by atoms with Crippen LogP contribution in [0.25, 0.3) is 0 Å².